The summed E-state index contributed by atoms with van der Waals surface area (Å²) in [6.45, 7) is 7.06. The average Bonchev–Trinajstić information content (AvgIpc) is 2.76. The molecule has 11 heteroatoms. The van der Waals surface area contributed by atoms with Crippen LogP contribution in [-0.4, -0.2) is 111 Å². The molecule has 0 bridgehead atoms. The number of rotatable bonds is 7. The second-order valence-corrected chi connectivity index (χ2v) is 10.3. The van der Waals surface area contributed by atoms with Crippen LogP contribution < -0.4 is 0 Å². The van der Waals surface area contributed by atoms with E-state index in [-0.39, 0.29) is 24.4 Å². The third-order valence-corrected chi connectivity index (χ3v) is 6.72. The third kappa shape index (κ3) is 6.55. The van der Waals surface area contributed by atoms with E-state index >= 15 is 0 Å². The zero-order valence-electron chi connectivity index (χ0n) is 20.5. The van der Waals surface area contributed by atoms with E-state index in [1.54, 1.807) is 13.0 Å². The summed E-state index contributed by atoms with van der Waals surface area (Å²) in [6, 6.07) is 0. The summed E-state index contributed by atoms with van der Waals surface area (Å²) in [5.74, 6) is 0.0883. The first kappa shape index (κ1) is 28.3. The lowest BCUT2D eigenvalue weighted by atomic mass is 9.72. The van der Waals surface area contributed by atoms with E-state index in [0.29, 0.717) is 12.8 Å². The summed E-state index contributed by atoms with van der Waals surface area (Å²) >= 11 is 0. The molecule has 0 aromatic carbocycles. The Kier molecular flexibility index (Phi) is 9.25. The van der Waals surface area contributed by atoms with Crippen molar-refractivity contribution in [3.8, 4) is 0 Å². The molecule has 3 aliphatic rings. The van der Waals surface area contributed by atoms with Crippen molar-refractivity contribution in [1.82, 2.24) is 0 Å². The summed E-state index contributed by atoms with van der Waals surface area (Å²) < 4.78 is 22.1. The summed E-state index contributed by atoms with van der Waals surface area (Å²) in [6.07, 6.45) is -8.47. The lowest BCUT2D eigenvalue weighted by Crippen LogP contribution is -2.60. The average molecular weight is 503 g/mol. The molecule has 0 amide bonds. The number of aliphatic hydroxyl groups excluding tert-OH is 6. The Morgan fingerprint density at radius 3 is 2.37 bits per heavy atom. The van der Waals surface area contributed by atoms with Gasteiger partial charge in [0.25, 0.3) is 0 Å². The van der Waals surface area contributed by atoms with Crippen molar-refractivity contribution in [2.24, 2.45) is 5.41 Å². The Balaban J connectivity index is 1.59. The molecule has 0 spiro atoms. The number of ketones is 1. The Hall–Kier alpha value is -1.25. The van der Waals surface area contributed by atoms with Crippen LogP contribution in [0, 0.1) is 5.41 Å². The zero-order valence-corrected chi connectivity index (χ0v) is 20.5. The standard InChI is InChI=1S/C24H38O11/c1-11-7-13(25)8-24(3,4)14(11)6-5-12(2)34-23-21(31)19(29)18(28)16(35-23)10-33-22-20(30)17(27)15(26)9-32-22/h6-7,12,15-23,26-31H,5,8-10H2,1-4H3/t12-,15+,16+,17-,18+,19-,20+,21+,22-,23+/m0/s1. The predicted octanol–water partition coefficient (Wildman–Crippen LogP) is -1.08. The quantitative estimate of drug-likeness (QED) is 0.250. The van der Waals surface area contributed by atoms with Crippen molar-refractivity contribution in [2.75, 3.05) is 13.2 Å². The molecule has 6 N–H and O–H groups in total. The van der Waals surface area contributed by atoms with E-state index in [1.165, 1.54) is 0 Å². The Bertz CT molecular complexity index is 809. The Morgan fingerprint density at radius 2 is 1.71 bits per heavy atom. The maximum Gasteiger partial charge on any atom is 0.186 e. The first-order valence-corrected chi connectivity index (χ1v) is 11.9. The minimum atomic E-state index is -1.58. The molecular formula is C24H38O11. The van der Waals surface area contributed by atoms with Crippen LogP contribution in [0.25, 0.3) is 0 Å². The molecule has 0 aromatic rings. The first-order valence-electron chi connectivity index (χ1n) is 11.9. The highest BCUT2D eigenvalue weighted by molar-refractivity contribution is 5.93. The van der Waals surface area contributed by atoms with E-state index in [4.69, 9.17) is 18.9 Å². The van der Waals surface area contributed by atoms with E-state index < -0.39 is 61.4 Å². The molecule has 2 fully saturated rings. The van der Waals surface area contributed by atoms with Gasteiger partial charge in [0, 0.05) is 6.42 Å². The summed E-state index contributed by atoms with van der Waals surface area (Å²) in [7, 11) is 0. The minimum absolute atomic E-state index is 0.0883. The second kappa shape index (κ2) is 11.4. The van der Waals surface area contributed by atoms with Crippen molar-refractivity contribution in [1.29, 1.82) is 0 Å². The molecule has 35 heavy (non-hydrogen) atoms. The number of hydrogen-bond acceptors (Lipinski definition) is 11. The van der Waals surface area contributed by atoms with E-state index in [0.717, 1.165) is 11.1 Å². The lowest BCUT2D eigenvalue weighted by Gasteiger charge is -2.42. The molecule has 1 aliphatic carbocycles. The van der Waals surface area contributed by atoms with Gasteiger partial charge < -0.3 is 49.6 Å². The molecule has 2 aliphatic heterocycles. The fraction of sp³-hybridized carbons (Fsp3) is 0.792. The molecule has 10 atom stereocenters. The van der Waals surface area contributed by atoms with Gasteiger partial charge in [-0.15, -0.1) is 0 Å². The predicted molar refractivity (Wildman–Crippen MR) is 121 cm³/mol. The highest BCUT2D eigenvalue weighted by atomic mass is 16.7. The SMILES string of the molecule is CC1=CC(=O)CC(C)(C)C1=CC[C@H](C)O[C@@H]1O[C@H](CO[C@@H]2OC[C@@H](O)[C@H](O)[C@H]2O)[C@@H](O)[C@H](O)[C@H]1O. The monoisotopic (exact) mass is 502 g/mol. The van der Waals surface area contributed by atoms with Gasteiger partial charge in [0.15, 0.2) is 18.4 Å². The van der Waals surface area contributed by atoms with Crippen LogP contribution in [-0.2, 0) is 23.7 Å². The number of carbonyl (C=O) groups is 1. The zero-order chi connectivity index (χ0) is 26.1. The van der Waals surface area contributed by atoms with Gasteiger partial charge in [-0.1, -0.05) is 19.9 Å². The van der Waals surface area contributed by atoms with Crippen molar-refractivity contribution >= 4 is 5.78 Å². The molecule has 2 saturated heterocycles. The molecule has 0 aromatic heterocycles. The molecule has 0 unspecified atom stereocenters. The fourth-order valence-corrected chi connectivity index (χ4v) is 4.72. The van der Waals surface area contributed by atoms with Crippen LogP contribution >= 0.6 is 0 Å². The van der Waals surface area contributed by atoms with E-state index in [9.17, 15) is 35.4 Å². The van der Waals surface area contributed by atoms with Crippen LogP contribution in [0.3, 0.4) is 0 Å². The van der Waals surface area contributed by atoms with Gasteiger partial charge in [0.1, 0.15) is 42.7 Å². The van der Waals surface area contributed by atoms with Gasteiger partial charge in [0.2, 0.25) is 0 Å². The third-order valence-electron chi connectivity index (χ3n) is 6.72. The van der Waals surface area contributed by atoms with Crippen LogP contribution in [0.4, 0.5) is 0 Å². The minimum Gasteiger partial charge on any atom is -0.388 e. The van der Waals surface area contributed by atoms with Gasteiger partial charge in [-0.05, 0) is 42.9 Å². The van der Waals surface area contributed by atoms with Crippen LogP contribution in [0.2, 0.25) is 0 Å². The number of allylic oxidation sites excluding steroid dienone is 3. The summed E-state index contributed by atoms with van der Waals surface area (Å²) in [4.78, 5) is 11.9. The smallest absolute Gasteiger partial charge is 0.186 e. The first-order chi connectivity index (χ1) is 16.3. The van der Waals surface area contributed by atoms with Crippen LogP contribution in [0.1, 0.15) is 40.5 Å². The summed E-state index contributed by atoms with van der Waals surface area (Å²) in [5, 5.41) is 60.3. The van der Waals surface area contributed by atoms with Gasteiger partial charge >= 0.3 is 0 Å². The molecule has 11 nitrogen and oxygen atoms in total. The highest BCUT2D eigenvalue weighted by Gasteiger charge is 2.46. The van der Waals surface area contributed by atoms with Crippen molar-refractivity contribution in [2.45, 2.75) is 102 Å². The number of carbonyl (C=O) groups excluding carboxylic acids is 1. The van der Waals surface area contributed by atoms with Crippen LogP contribution in [0.15, 0.2) is 23.3 Å². The van der Waals surface area contributed by atoms with Gasteiger partial charge in [-0.25, -0.2) is 0 Å². The Labute approximate surface area is 204 Å². The normalized spacial score (nSPS) is 42.1. The second-order valence-electron chi connectivity index (χ2n) is 10.3. The maximum atomic E-state index is 11.9. The lowest BCUT2D eigenvalue weighted by molar-refractivity contribution is -0.326. The number of ether oxygens (including phenoxy) is 4. The molecule has 3 rings (SSSR count). The van der Waals surface area contributed by atoms with Crippen molar-refractivity contribution < 1.29 is 54.4 Å². The molecular weight excluding hydrogens is 464 g/mol. The van der Waals surface area contributed by atoms with E-state index in [2.05, 4.69) is 0 Å². The maximum absolute atomic E-state index is 11.9. The number of aliphatic hydroxyl groups is 6. The Morgan fingerprint density at radius 1 is 1.06 bits per heavy atom. The summed E-state index contributed by atoms with van der Waals surface area (Å²) in [5.41, 5.74) is 1.62. The topological polar surface area (TPSA) is 175 Å². The van der Waals surface area contributed by atoms with Crippen molar-refractivity contribution in [3.05, 3.63) is 23.3 Å². The van der Waals surface area contributed by atoms with Gasteiger partial charge in [-0.3, -0.25) is 4.79 Å². The van der Waals surface area contributed by atoms with Crippen molar-refractivity contribution in [3.63, 3.8) is 0 Å². The molecule has 0 radical (unpaired) electrons. The number of hydrogen-bond donors (Lipinski definition) is 6. The fourth-order valence-electron chi connectivity index (χ4n) is 4.72. The van der Waals surface area contributed by atoms with Gasteiger partial charge in [0.05, 0.1) is 19.3 Å². The van der Waals surface area contributed by atoms with Crippen LogP contribution in [0.5, 0.6) is 0 Å². The molecule has 0 saturated carbocycles. The molecule has 200 valence electrons. The largest absolute Gasteiger partial charge is 0.388 e. The highest BCUT2D eigenvalue weighted by Crippen LogP contribution is 2.39. The van der Waals surface area contributed by atoms with Gasteiger partial charge in [-0.2, -0.15) is 0 Å². The van der Waals surface area contributed by atoms with E-state index in [1.807, 2.05) is 26.8 Å². The molecule has 2 heterocycles.